The van der Waals surface area contributed by atoms with Crippen molar-refractivity contribution in [3.05, 3.63) is 165 Å². The van der Waals surface area contributed by atoms with Crippen LogP contribution in [0.2, 0.25) is 0 Å². The maximum atomic E-state index is 5.00. The van der Waals surface area contributed by atoms with Gasteiger partial charge in [-0.05, 0) is 137 Å². The summed E-state index contributed by atoms with van der Waals surface area (Å²) in [6, 6.07) is 42.5. The first kappa shape index (κ1) is 28.7. The van der Waals surface area contributed by atoms with Gasteiger partial charge in [-0.25, -0.2) is 9.97 Å². The average molecular weight is 618 g/mol. The lowest BCUT2D eigenvalue weighted by molar-refractivity contribution is 1.22. The van der Waals surface area contributed by atoms with Crippen molar-refractivity contribution in [2.75, 3.05) is 0 Å². The summed E-state index contributed by atoms with van der Waals surface area (Å²) in [4.78, 5) is 32.7. The summed E-state index contributed by atoms with van der Waals surface area (Å²) in [6.07, 6.45) is 10.8. The van der Waals surface area contributed by atoms with E-state index in [0.717, 1.165) is 78.9 Å². The SMILES string of the molecule is c1ccc(-c2cc(-c3cc(-c4ccncc4)cc(-c4cc(-c5ccccn5)nc(-c5ccccn5)c4)c3)cc(-c3ccccn3)n2)nc1. The monoisotopic (exact) mass is 617 g/mol. The van der Waals surface area contributed by atoms with Gasteiger partial charge in [0.2, 0.25) is 0 Å². The van der Waals surface area contributed by atoms with Crippen molar-refractivity contribution in [1.29, 1.82) is 0 Å². The molecule has 0 spiro atoms. The molecular formula is C41H27N7. The van der Waals surface area contributed by atoms with E-state index in [4.69, 9.17) is 9.97 Å². The highest BCUT2D eigenvalue weighted by Crippen LogP contribution is 2.37. The number of hydrogen-bond acceptors (Lipinski definition) is 7. The highest BCUT2D eigenvalue weighted by Gasteiger charge is 2.15. The molecule has 0 aliphatic rings. The van der Waals surface area contributed by atoms with Crippen LogP contribution in [-0.2, 0) is 0 Å². The second-order valence-corrected chi connectivity index (χ2v) is 11.1. The fourth-order valence-corrected chi connectivity index (χ4v) is 5.65. The molecule has 226 valence electrons. The van der Waals surface area contributed by atoms with Gasteiger partial charge in [-0.3, -0.25) is 24.9 Å². The molecule has 7 heteroatoms. The van der Waals surface area contributed by atoms with Crippen molar-refractivity contribution in [3.8, 4) is 78.9 Å². The summed E-state index contributed by atoms with van der Waals surface area (Å²) >= 11 is 0. The van der Waals surface area contributed by atoms with Crippen LogP contribution in [0.3, 0.4) is 0 Å². The molecule has 1 aromatic carbocycles. The summed E-state index contributed by atoms with van der Waals surface area (Å²) in [6.45, 7) is 0. The summed E-state index contributed by atoms with van der Waals surface area (Å²) in [5.41, 5.74) is 12.4. The van der Waals surface area contributed by atoms with E-state index < -0.39 is 0 Å². The zero-order valence-corrected chi connectivity index (χ0v) is 25.7. The minimum atomic E-state index is 0.767. The van der Waals surface area contributed by atoms with Gasteiger partial charge in [0.1, 0.15) is 0 Å². The van der Waals surface area contributed by atoms with Crippen LogP contribution < -0.4 is 0 Å². The molecule has 7 aromatic heterocycles. The average Bonchev–Trinajstić information content (AvgIpc) is 3.19. The molecule has 0 fully saturated rings. The molecule has 7 heterocycles. The quantitative estimate of drug-likeness (QED) is 0.176. The van der Waals surface area contributed by atoms with Gasteiger partial charge in [-0.2, -0.15) is 0 Å². The molecule has 0 radical (unpaired) electrons. The lowest BCUT2D eigenvalue weighted by Gasteiger charge is -2.15. The van der Waals surface area contributed by atoms with Gasteiger partial charge in [0.15, 0.2) is 0 Å². The number of aromatic nitrogens is 7. The van der Waals surface area contributed by atoms with Crippen LogP contribution in [0.15, 0.2) is 165 Å². The molecule has 8 rings (SSSR count). The molecule has 7 nitrogen and oxygen atoms in total. The van der Waals surface area contributed by atoms with E-state index in [0.29, 0.717) is 0 Å². The molecule has 0 amide bonds. The maximum absolute atomic E-state index is 5.00. The minimum absolute atomic E-state index is 0.767. The molecule has 48 heavy (non-hydrogen) atoms. The summed E-state index contributed by atoms with van der Waals surface area (Å²) in [5, 5.41) is 0. The number of pyridine rings is 7. The van der Waals surface area contributed by atoms with Crippen molar-refractivity contribution >= 4 is 0 Å². The summed E-state index contributed by atoms with van der Waals surface area (Å²) in [5.74, 6) is 0. The number of rotatable bonds is 7. The third-order valence-corrected chi connectivity index (χ3v) is 7.97. The first-order valence-corrected chi connectivity index (χ1v) is 15.5. The smallest absolute Gasteiger partial charge is 0.0900 e. The van der Waals surface area contributed by atoms with Gasteiger partial charge in [-0.1, -0.05) is 24.3 Å². The second-order valence-electron chi connectivity index (χ2n) is 11.1. The first-order valence-electron chi connectivity index (χ1n) is 15.5. The van der Waals surface area contributed by atoms with Gasteiger partial charge in [0.05, 0.1) is 45.6 Å². The minimum Gasteiger partial charge on any atom is -0.265 e. The van der Waals surface area contributed by atoms with Gasteiger partial charge in [-0.15, -0.1) is 0 Å². The second kappa shape index (κ2) is 12.9. The fourth-order valence-electron chi connectivity index (χ4n) is 5.65. The number of benzene rings is 1. The molecular weight excluding hydrogens is 591 g/mol. The largest absolute Gasteiger partial charge is 0.265 e. The van der Waals surface area contributed by atoms with Crippen molar-refractivity contribution < 1.29 is 0 Å². The lowest BCUT2D eigenvalue weighted by Crippen LogP contribution is -1.95. The normalized spacial score (nSPS) is 10.9. The third kappa shape index (κ3) is 6.08. The van der Waals surface area contributed by atoms with Crippen LogP contribution in [0.25, 0.3) is 78.9 Å². The van der Waals surface area contributed by atoms with E-state index in [1.807, 2.05) is 97.3 Å². The Hall–Kier alpha value is -6.73. The van der Waals surface area contributed by atoms with Gasteiger partial charge < -0.3 is 0 Å². The number of hydrogen-bond donors (Lipinski definition) is 0. The molecule has 0 saturated carbocycles. The van der Waals surface area contributed by atoms with Crippen LogP contribution in [-0.4, -0.2) is 34.9 Å². The molecule has 0 aliphatic carbocycles. The zero-order valence-electron chi connectivity index (χ0n) is 25.7. The third-order valence-electron chi connectivity index (χ3n) is 7.97. The van der Waals surface area contributed by atoms with E-state index in [-0.39, 0.29) is 0 Å². The topological polar surface area (TPSA) is 90.2 Å². The van der Waals surface area contributed by atoms with Gasteiger partial charge in [0.25, 0.3) is 0 Å². The molecule has 0 saturated heterocycles. The van der Waals surface area contributed by atoms with Gasteiger partial charge in [0, 0.05) is 37.2 Å². The predicted molar refractivity (Wildman–Crippen MR) is 189 cm³/mol. The zero-order chi connectivity index (χ0) is 32.1. The molecule has 0 N–H and O–H groups in total. The molecule has 0 bridgehead atoms. The Kier molecular flexibility index (Phi) is 7.74. The van der Waals surface area contributed by atoms with Crippen LogP contribution >= 0.6 is 0 Å². The number of nitrogens with zero attached hydrogens (tertiary/aromatic N) is 7. The predicted octanol–water partition coefficient (Wildman–Crippen LogP) is 9.12. The van der Waals surface area contributed by atoms with Crippen LogP contribution in [0, 0.1) is 0 Å². The highest BCUT2D eigenvalue weighted by atomic mass is 14.8. The lowest BCUT2D eigenvalue weighted by atomic mass is 9.92. The van der Waals surface area contributed by atoms with E-state index in [2.05, 4.69) is 67.4 Å². The van der Waals surface area contributed by atoms with E-state index >= 15 is 0 Å². The van der Waals surface area contributed by atoms with Crippen molar-refractivity contribution in [2.24, 2.45) is 0 Å². The van der Waals surface area contributed by atoms with E-state index in [1.165, 1.54) is 0 Å². The highest BCUT2D eigenvalue weighted by molar-refractivity contribution is 5.85. The van der Waals surface area contributed by atoms with Crippen molar-refractivity contribution in [2.45, 2.75) is 0 Å². The maximum Gasteiger partial charge on any atom is 0.0900 e. The Bertz CT molecular complexity index is 2060. The van der Waals surface area contributed by atoms with Crippen LogP contribution in [0.5, 0.6) is 0 Å². The van der Waals surface area contributed by atoms with E-state index in [9.17, 15) is 0 Å². The molecule has 0 unspecified atom stereocenters. The Morgan fingerprint density at radius 2 is 0.562 bits per heavy atom. The van der Waals surface area contributed by atoms with Crippen molar-refractivity contribution in [3.63, 3.8) is 0 Å². The van der Waals surface area contributed by atoms with E-state index in [1.54, 1.807) is 24.8 Å². The fraction of sp³-hybridized carbons (Fsp3) is 0. The first-order chi connectivity index (χ1) is 23.8. The molecule has 0 atom stereocenters. The summed E-state index contributed by atoms with van der Waals surface area (Å²) < 4.78 is 0. The molecule has 0 aliphatic heterocycles. The standard InChI is InChI=1S/C41H27N7/c1-5-15-43-34(9-1)38-24-32(25-39(47-38)35-10-2-6-16-44-35)30-21-29(28-13-19-42-20-14-28)22-31(23-30)33-26-40(36-11-3-7-17-45-36)48-41(27-33)37-12-4-8-18-46-37/h1-27H. The van der Waals surface area contributed by atoms with Gasteiger partial charge >= 0.3 is 0 Å². The Labute approximate surface area is 277 Å². The summed E-state index contributed by atoms with van der Waals surface area (Å²) in [7, 11) is 0. The van der Waals surface area contributed by atoms with Crippen LogP contribution in [0.4, 0.5) is 0 Å². The van der Waals surface area contributed by atoms with Crippen LogP contribution in [0.1, 0.15) is 0 Å². The Morgan fingerprint density at radius 1 is 0.250 bits per heavy atom. The Balaban J connectivity index is 1.36. The molecule has 8 aromatic rings. The Morgan fingerprint density at radius 3 is 0.875 bits per heavy atom. The van der Waals surface area contributed by atoms with Crippen molar-refractivity contribution in [1.82, 2.24) is 34.9 Å².